The number of ether oxygens (including phenoxy) is 2. The van der Waals surface area contributed by atoms with E-state index in [4.69, 9.17) is 9.47 Å². The van der Waals surface area contributed by atoms with Crippen LogP contribution in [0.4, 0.5) is 9.18 Å². The van der Waals surface area contributed by atoms with Crippen LogP contribution in [0.25, 0.3) is 11.1 Å². The molecule has 0 spiro atoms. The second kappa shape index (κ2) is 12.7. The maximum atomic E-state index is 14.7. The van der Waals surface area contributed by atoms with Gasteiger partial charge in [0, 0.05) is 59.4 Å². The van der Waals surface area contributed by atoms with Gasteiger partial charge in [0.1, 0.15) is 0 Å². The number of nitrogens with one attached hydrogen (secondary N) is 1. The van der Waals surface area contributed by atoms with Gasteiger partial charge in [0.15, 0.2) is 11.6 Å². The van der Waals surface area contributed by atoms with Crippen LogP contribution in [0, 0.1) is 5.82 Å². The van der Waals surface area contributed by atoms with Gasteiger partial charge < -0.3 is 24.8 Å². The van der Waals surface area contributed by atoms with Gasteiger partial charge in [0.25, 0.3) is 0 Å². The van der Waals surface area contributed by atoms with E-state index in [1.54, 1.807) is 13.2 Å². The maximum Gasteiger partial charge on any atom is 0.413 e. The monoisotopic (exact) mass is 533 g/mol. The highest BCUT2D eigenvalue weighted by Gasteiger charge is 2.33. The van der Waals surface area contributed by atoms with Crippen molar-refractivity contribution in [2.45, 2.75) is 31.5 Å². The number of benzene rings is 3. The summed E-state index contributed by atoms with van der Waals surface area (Å²) in [6, 6.07) is 19.5. The molecular formula is C31H36FN3O4. The number of rotatable bonds is 9. The molecule has 8 heteroatoms. The molecule has 1 heterocycles. The molecule has 1 aliphatic carbocycles. The lowest BCUT2D eigenvalue weighted by atomic mass is 10.0. The van der Waals surface area contributed by atoms with Crippen molar-refractivity contribution in [2.24, 2.45) is 0 Å². The SMILES string of the molecule is COCCCN1CCN(Cc2ccc3c(c2)[C@@H](NC(=O)Oc2ccc(-c4ccccc4)cc2F)[C@H](O)C3)CC1. The molecule has 1 saturated heterocycles. The van der Waals surface area contributed by atoms with E-state index in [9.17, 15) is 14.3 Å². The van der Waals surface area contributed by atoms with Crippen molar-refractivity contribution in [1.29, 1.82) is 0 Å². The quantitative estimate of drug-likeness (QED) is 0.398. The summed E-state index contributed by atoms with van der Waals surface area (Å²) in [6.45, 7) is 6.72. The van der Waals surface area contributed by atoms with E-state index in [2.05, 4.69) is 27.2 Å². The largest absolute Gasteiger partial charge is 0.413 e. The zero-order chi connectivity index (χ0) is 27.2. The minimum absolute atomic E-state index is 0.157. The van der Waals surface area contributed by atoms with Crippen LogP contribution in [0.15, 0.2) is 66.7 Å². The van der Waals surface area contributed by atoms with Crippen molar-refractivity contribution < 1.29 is 23.8 Å². The molecule has 0 radical (unpaired) electrons. The van der Waals surface area contributed by atoms with Gasteiger partial charge in [-0.2, -0.15) is 0 Å². The highest BCUT2D eigenvalue weighted by molar-refractivity contribution is 5.72. The maximum absolute atomic E-state index is 14.7. The van der Waals surface area contributed by atoms with Gasteiger partial charge in [-0.15, -0.1) is 0 Å². The van der Waals surface area contributed by atoms with Gasteiger partial charge in [-0.05, 0) is 46.4 Å². The van der Waals surface area contributed by atoms with Crippen molar-refractivity contribution in [3.63, 3.8) is 0 Å². The minimum atomic E-state index is -0.798. The molecule has 1 aliphatic heterocycles. The lowest BCUT2D eigenvalue weighted by Gasteiger charge is -2.34. The Bertz CT molecular complexity index is 1260. The topological polar surface area (TPSA) is 74.3 Å². The van der Waals surface area contributed by atoms with Crippen molar-refractivity contribution in [2.75, 3.05) is 46.4 Å². The van der Waals surface area contributed by atoms with Crippen molar-refractivity contribution in [3.05, 3.63) is 89.2 Å². The third-order valence-electron chi connectivity index (χ3n) is 7.57. The van der Waals surface area contributed by atoms with E-state index in [0.29, 0.717) is 12.0 Å². The molecule has 0 unspecified atom stereocenters. The molecule has 2 aliphatic rings. The summed E-state index contributed by atoms with van der Waals surface area (Å²) < 4.78 is 25.2. The lowest BCUT2D eigenvalue weighted by Crippen LogP contribution is -2.46. The van der Waals surface area contributed by atoms with Crippen LogP contribution in [0.3, 0.4) is 0 Å². The Morgan fingerprint density at radius 1 is 1.00 bits per heavy atom. The van der Waals surface area contributed by atoms with Gasteiger partial charge in [0.05, 0.1) is 12.1 Å². The summed E-state index contributed by atoms with van der Waals surface area (Å²) in [6.07, 6.45) is -0.0792. The van der Waals surface area contributed by atoms with Crippen LogP contribution in [-0.2, 0) is 17.7 Å². The molecule has 3 aromatic rings. The molecule has 0 aromatic heterocycles. The van der Waals surface area contributed by atoms with E-state index < -0.39 is 24.1 Å². The number of methoxy groups -OCH3 is 1. The fraction of sp³-hybridized carbons (Fsp3) is 0.387. The molecule has 2 N–H and O–H groups in total. The number of fused-ring (bicyclic) bond motifs is 1. The highest BCUT2D eigenvalue weighted by atomic mass is 19.1. The molecule has 0 saturated carbocycles. The first-order valence-electron chi connectivity index (χ1n) is 13.6. The molecule has 3 aromatic carbocycles. The third-order valence-corrected chi connectivity index (χ3v) is 7.57. The predicted octanol–water partition coefficient (Wildman–Crippen LogP) is 4.39. The Kier molecular flexibility index (Phi) is 8.88. The van der Waals surface area contributed by atoms with E-state index in [1.165, 1.54) is 12.1 Å². The van der Waals surface area contributed by atoms with Crippen LogP contribution in [0.5, 0.6) is 5.75 Å². The first-order chi connectivity index (χ1) is 19.0. The van der Waals surface area contributed by atoms with Crippen LogP contribution in [0.1, 0.15) is 29.2 Å². The summed E-state index contributed by atoms with van der Waals surface area (Å²) in [5, 5.41) is 13.5. The van der Waals surface area contributed by atoms with Crippen molar-refractivity contribution in [3.8, 4) is 16.9 Å². The normalized spacial score (nSPS) is 19.6. The number of piperazine rings is 1. The van der Waals surface area contributed by atoms with Gasteiger partial charge in [-0.3, -0.25) is 4.90 Å². The number of carbonyl (C=O) groups is 1. The van der Waals surface area contributed by atoms with E-state index >= 15 is 0 Å². The standard InChI is InChI=1S/C31H36FN3O4/c1-38-17-5-12-34-13-15-35(16-14-34)21-22-8-9-25-20-28(36)30(26(25)18-22)33-31(37)39-29-11-10-24(19-27(29)32)23-6-3-2-4-7-23/h2-4,6-11,18-19,28,30,36H,5,12-17,20-21H2,1H3,(H,33,37)/t28-,30-/m1/s1. The number of hydrogen-bond acceptors (Lipinski definition) is 6. The van der Waals surface area contributed by atoms with E-state index in [0.717, 1.165) is 74.6 Å². The average Bonchev–Trinajstić information content (AvgIpc) is 3.25. The van der Waals surface area contributed by atoms with Gasteiger partial charge >= 0.3 is 6.09 Å². The summed E-state index contributed by atoms with van der Waals surface area (Å²) in [5.74, 6) is -0.782. The Morgan fingerprint density at radius 3 is 2.51 bits per heavy atom. The zero-order valence-corrected chi connectivity index (χ0v) is 22.3. The number of halogens is 1. The number of carbonyl (C=O) groups excluding carboxylic acids is 1. The Hall–Kier alpha value is -3.30. The second-order valence-electron chi connectivity index (χ2n) is 10.3. The molecule has 1 fully saturated rings. The van der Waals surface area contributed by atoms with Crippen LogP contribution in [-0.4, -0.2) is 73.5 Å². The van der Waals surface area contributed by atoms with Gasteiger partial charge in [-0.1, -0.05) is 54.6 Å². The highest BCUT2D eigenvalue weighted by Crippen LogP contribution is 2.33. The average molecular weight is 534 g/mol. The first-order valence-corrected chi connectivity index (χ1v) is 13.6. The first kappa shape index (κ1) is 27.3. The molecule has 0 bridgehead atoms. The molecule has 7 nitrogen and oxygen atoms in total. The van der Waals surface area contributed by atoms with Crippen LogP contribution in [0.2, 0.25) is 0 Å². The molecule has 1 amide bonds. The number of amides is 1. The fourth-order valence-corrected chi connectivity index (χ4v) is 5.45. The zero-order valence-electron chi connectivity index (χ0n) is 22.3. The summed E-state index contributed by atoms with van der Waals surface area (Å²) in [5.41, 5.74) is 4.59. The number of hydrogen-bond donors (Lipinski definition) is 2. The predicted molar refractivity (Wildman–Crippen MR) is 148 cm³/mol. The van der Waals surface area contributed by atoms with Crippen molar-refractivity contribution in [1.82, 2.24) is 15.1 Å². The lowest BCUT2D eigenvalue weighted by molar-refractivity contribution is 0.113. The Balaban J connectivity index is 1.19. The summed E-state index contributed by atoms with van der Waals surface area (Å²) in [7, 11) is 1.74. The molecule has 39 heavy (non-hydrogen) atoms. The minimum Gasteiger partial charge on any atom is -0.407 e. The molecule has 5 rings (SSSR count). The number of nitrogens with zero attached hydrogens (tertiary/aromatic N) is 2. The Labute approximate surface area is 229 Å². The van der Waals surface area contributed by atoms with Crippen LogP contribution < -0.4 is 10.1 Å². The summed E-state index contributed by atoms with van der Waals surface area (Å²) in [4.78, 5) is 17.6. The van der Waals surface area contributed by atoms with Crippen LogP contribution >= 0.6 is 0 Å². The van der Waals surface area contributed by atoms with E-state index in [1.807, 2.05) is 36.4 Å². The summed E-state index contributed by atoms with van der Waals surface area (Å²) >= 11 is 0. The number of aliphatic hydroxyl groups excluding tert-OH is 1. The van der Waals surface area contributed by atoms with Crippen molar-refractivity contribution >= 4 is 6.09 Å². The number of aliphatic hydroxyl groups is 1. The van der Waals surface area contributed by atoms with Gasteiger partial charge in [0.2, 0.25) is 0 Å². The van der Waals surface area contributed by atoms with Gasteiger partial charge in [-0.25, -0.2) is 9.18 Å². The smallest absolute Gasteiger partial charge is 0.407 e. The second-order valence-corrected chi connectivity index (χ2v) is 10.3. The fourth-order valence-electron chi connectivity index (χ4n) is 5.45. The molecule has 2 atom stereocenters. The Morgan fingerprint density at radius 2 is 1.77 bits per heavy atom. The van der Waals surface area contributed by atoms with E-state index in [-0.39, 0.29) is 5.75 Å². The molecule has 206 valence electrons. The third kappa shape index (κ3) is 6.83. The molecular weight excluding hydrogens is 497 g/mol.